The number of carbonyl (C=O) groups is 1. The van der Waals surface area contributed by atoms with Gasteiger partial charge in [-0.3, -0.25) is 10.0 Å². The number of amides is 1. The Morgan fingerprint density at radius 1 is 0.955 bits per heavy atom. The molecule has 11 heteroatoms. The molecule has 0 unspecified atom stereocenters. The fourth-order valence-corrected chi connectivity index (χ4v) is 4.85. The Hall–Kier alpha value is -4.51. The maximum atomic E-state index is 13.5. The molecule has 5 aromatic rings. The minimum atomic E-state index is -0.358. The van der Waals surface area contributed by atoms with Crippen molar-refractivity contribution in [3.63, 3.8) is 0 Å². The maximum Gasteiger partial charge on any atom is 0.243 e. The van der Waals surface area contributed by atoms with Gasteiger partial charge in [-0.25, -0.2) is 19.8 Å². The van der Waals surface area contributed by atoms with E-state index in [2.05, 4.69) is 15.3 Å². The Kier molecular flexibility index (Phi) is 10.7. The molecule has 0 saturated heterocycles. The zero-order valence-electron chi connectivity index (χ0n) is 23.9. The SMILES string of the molecule is O=C(CCCCCCOCc1ccc(-c2ccc3ncnc(Nc4ccc(OCc5cccc(F)c5)c(Cl)c4)c3c2)o1)NO. The average Bonchev–Trinajstić information content (AvgIpc) is 3.51. The van der Waals surface area contributed by atoms with E-state index in [9.17, 15) is 9.18 Å². The summed E-state index contributed by atoms with van der Waals surface area (Å²) in [4.78, 5) is 19.9. The molecule has 0 fully saturated rings. The number of fused-ring (bicyclic) bond motifs is 1. The number of anilines is 2. The van der Waals surface area contributed by atoms with Crippen LogP contribution in [0.4, 0.5) is 15.9 Å². The highest BCUT2D eigenvalue weighted by Gasteiger charge is 2.11. The van der Waals surface area contributed by atoms with Crippen LogP contribution in [0.2, 0.25) is 5.02 Å². The van der Waals surface area contributed by atoms with Crippen LogP contribution in [-0.4, -0.2) is 27.7 Å². The number of carbonyl (C=O) groups excluding carboxylic acids is 1. The van der Waals surface area contributed by atoms with Gasteiger partial charge >= 0.3 is 0 Å². The van der Waals surface area contributed by atoms with E-state index in [1.54, 1.807) is 29.7 Å². The van der Waals surface area contributed by atoms with Gasteiger partial charge in [-0.15, -0.1) is 0 Å². The lowest BCUT2D eigenvalue weighted by atomic mass is 10.1. The molecule has 1 amide bonds. The molecule has 228 valence electrons. The van der Waals surface area contributed by atoms with Gasteiger partial charge < -0.3 is 19.2 Å². The second kappa shape index (κ2) is 15.3. The summed E-state index contributed by atoms with van der Waals surface area (Å²) < 4.78 is 31.1. The average molecular weight is 619 g/mol. The molecule has 5 rings (SSSR count). The van der Waals surface area contributed by atoms with Gasteiger partial charge in [0.05, 0.1) is 10.5 Å². The number of hydroxylamine groups is 1. The van der Waals surface area contributed by atoms with Gasteiger partial charge in [0, 0.05) is 29.7 Å². The van der Waals surface area contributed by atoms with Crippen LogP contribution in [0.15, 0.2) is 83.5 Å². The van der Waals surface area contributed by atoms with Crippen molar-refractivity contribution in [2.75, 3.05) is 11.9 Å². The van der Waals surface area contributed by atoms with Crippen molar-refractivity contribution in [3.05, 3.63) is 101 Å². The molecule has 0 spiro atoms. The molecule has 3 N–H and O–H groups in total. The summed E-state index contributed by atoms with van der Waals surface area (Å²) >= 11 is 6.49. The zero-order valence-corrected chi connectivity index (χ0v) is 24.6. The molecule has 0 bridgehead atoms. The lowest BCUT2D eigenvalue weighted by molar-refractivity contribution is -0.129. The Labute approximate surface area is 259 Å². The quantitative estimate of drug-likeness (QED) is 0.0614. The van der Waals surface area contributed by atoms with Crippen LogP contribution in [0.1, 0.15) is 43.4 Å². The summed E-state index contributed by atoms with van der Waals surface area (Å²) in [6.45, 7) is 1.15. The lowest BCUT2D eigenvalue weighted by Crippen LogP contribution is -2.17. The molecule has 3 aromatic carbocycles. The van der Waals surface area contributed by atoms with Crippen molar-refractivity contribution >= 4 is 39.9 Å². The van der Waals surface area contributed by atoms with Crippen LogP contribution >= 0.6 is 11.6 Å². The number of nitrogens with one attached hydrogen (secondary N) is 2. The third-order valence-electron chi connectivity index (χ3n) is 6.87. The smallest absolute Gasteiger partial charge is 0.243 e. The molecule has 9 nitrogen and oxygen atoms in total. The van der Waals surface area contributed by atoms with Crippen molar-refractivity contribution in [1.29, 1.82) is 0 Å². The number of unbranched alkanes of at least 4 members (excludes halogenated alkanes) is 3. The van der Waals surface area contributed by atoms with Crippen molar-refractivity contribution in [2.45, 2.75) is 45.3 Å². The van der Waals surface area contributed by atoms with Crippen molar-refractivity contribution in [2.24, 2.45) is 0 Å². The predicted molar refractivity (Wildman–Crippen MR) is 165 cm³/mol. The van der Waals surface area contributed by atoms with E-state index in [1.807, 2.05) is 36.4 Å². The first-order valence-corrected chi connectivity index (χ1v) is 14.6. The van der Waals surface area contributed by atoms with Gasteiger partial charge in [0.15, 0.2) is 0 Å². The van der Waals surface area contributed by atoms with Crippen LogP contribution in [0, 0.1) is 5.82 Å². The number of nitrogens with zero attached hydrogens (tertiary/aromatic N) is 2. The van der Waals surface area contributed by atoms with Crippen LogP contribution in [0.5, 0.6) is 5.75 Å². The Morgan fingerprint density at radius 2 is 1.84 bits per heavy atom. The third kappa shape index (κ3) is 8.53. The molecule has 0 saturated carbocycles. The number of benzene rings is 3. The van der Waals surface area contributed by atoms with E-state index in [0.29, 0.717) is 53.2 Å². The molecule has 0 aliphatic carbocycles. The summed E-state index contributed by atoms with van der Waals surface area (Å²) in [6.07, 6.45) is 5.27. The normalized spacial score (nSPS) is 11.1. The van der Waals surface area contributed by atoms with Crippen LogP contribution < -0.4 is 15.5 Å². The first kappa shape index (κ1) is 30.9. The molecule has 2 aromatic heterocycles. The number of furan rings is 1. The summed E-state index contributed by atoms with van der Waals surface area (Å²) in [5.41, 5.74) is 4.70. The number of hydrogen-bond acceptors (Lipinski definition) is 8. The summed E-state index contributed by atoms with van der Waals surface area (Å²) in [7, 11) is 0. The van der Waals surface area contributed by atoms with Gasteiger partial charge in [-0.2, -0.15) is 0 Å². The van der Waals surface area contributed by atoms with E-state index in [0.717, 1.165) is 47.9 Å². The lowest BCUT2D eigenvalue weighted by Gasteiger charge is -2.12. The summed E-state index contributed by atoms with van der Waals surface area (Å²) in [5, 5.41) is 13.0. The van der Waals surface area contributed by atoms with E-state index in [-0.39, 0.29) is 18.3 Å². The molecular weight excluding hydrogens is 587 g/mol. The first-order chi connectivity index (χ1) is 21.5. The maximum absolute atomic E-state index is 13.5. The summed E-state index contributed by atoms with van der Waals surface area (Å²) in [6, 6.07) is 21.2. The molecule has 0 aliphatic rings. The number of hydrogen-bond donors (Lipinski definition) is 3. The van der Waals surface area contributed by atoms with E-state index in [1.165, 1.54) is 18.5 Å². The minimum Gasteiger partial charge on any atom is -0.487 e. The highest BCUT2D eigenvalue weighted by Crippen LogP contribution is 2.33. The fourth-order valence-electron chi connectivity index (χ4n) is 4.61. The van der Waals surface area contributed by atoms with Crippen molar-refractivity contribution in [1.82, 2.24) is 15.4 Å². The summed E-state index contributed by atoms with van der Waals surface area (Å²) in [5.74, 6) is 1.83. The van der Waals surface area contributed by atoms with Gasteiger partial charge in [0.25, 0.3) is 0 Å². The van der Waals surface area contributed by atoms with Crippen molar-refractivity contribution < 1.29 is 28.3 Å². The van der Waals surface area contributed by atoms with E-state index < -0.39 is 0 Å². The highest BCUT2D eigenvalue weighted by molar-refractivity contribution is 6.32. The van der Waals surface area contributed by atoms with Gasteiger partial charge in [0.1, 0.15) is 48.4 Å². The van der Waals surface area contributed by atoms with Crippen LogP contribution in [0.25, 0.3) is 22.2 Å². The number of ether oxygens (including phenoxy) is 2. The number of halogens is 2. The zero-order chi connectivity index (χ0) is 30.7. The van der Waals surface area contributed by atoms with Crippen LogP contribution in [0.3, 0.4) is 0 Å². The number of rotatable bonds is 15. The van der Waals surface area contributed by atoms with Gasteiger partial charge in [-0.1, -0.05) is 36.6 Å². The predicted octanol–water partition coefficient (Wildman–Crippen LogP) is 7.98. The fraction of sp³-hybridized carbons (Fsp3) is 0.242. The molecule has 0 atom stereocenters. The number of aromatic nitrogens is 2. The van der Waals surface area contributed by atoms with Gasteiger partial charge in [0.2, 0.25) is 5.91 Å². The molecular formula is C33H32ClFN4O5. The second-order valence-electron chi connectivity index (χ2n) is 10.2. The highest BCUT2D eigenvalue weighted by atomic mass is 35.5. The van der Waals surface area contributed by atoms with Crippen LogP contribution in [-0.2, 0) is 22.7 Å². The minimum absolute atomic E-state index is 0.194. The third-order valence-corrected chi connectivity index (χ3v) is 7.17. The van der Waals surface area contributed by atoms with Gasteiger partial charge in [-0.05, 0) is 79.1 Å². The first-order valence-electron chi connectivity index (χ1n) is 14.3. The molecule has 0 radical (unpaired) electrons. The Morgan fingerprint density at radius 3 is 2.68 bits per heavy atom. The Balaban J connectivity index is 1.18. The molecule has 0 aliphatic heterocycles. The second-order valence-corrected chi connectivity index (χ2v) is 10.6. The van der Waals surface area contributed by atoms with Crippen molar-refractivity contribution in [3.8, 4) is 17.1 Å². The molecule has 2 heterocycles. The topological polar surface area (TPSA) is 119 Å². The van der Waals surface area contributed by atoms with E-state index in [4.69, 9.17) is 30.7 Å². The van der Waals surface area contributed by atoms with E-state index >= 15 is 0 Å². The standard InChI is InChI=1S/C33H32ClFN4O5/c34-28-18-25(10-13-31(28)43-19-22-6-5-7-24(35)16-22)38-33-27-17-23(9-12-29(27)36-21-37-33)30-14-11-26(44-30)20-42-15-4-2-1-3-8-32(40)39-41/h5-7,9-14,16-18,21,41H,1-4,8,15,19-20H2,(H,39,40)(H,36,37,38). The molecule has 44 heavy (non-hydrogen) atoms. The largest absolute Gasteiger partial charge is 0.487 e. The monoisotopic (exact) mass is 618 g/mol. The Bertz CT molecular complexity index is 1710.